The largest absolute Gasteiger partial charge is 0.385 e. The number of anilines is 1. The number of nitrogens with two attached hydrogens (primary N) is 1. The number of hydrogen-bond donors (Lipinski definition) is 1. The van der Waals surface area contributed by atoms with Gasteiger partial charge in [-0.05, 0) is 38.6 Å². The van der Waals surface area contributed by atoms with E-state index in [2.05, 4.69) is 22.1 Å². The van der Waals surface area contributed by atoms with Crippen LogP contribution in [0.3, 0.4) is 0 Å². The van der Waals surface area contributed by atoms with Crippen LogP contribution in [0.15, 0.2) is 18.2 Å². The van der Waals surface area contributed by atoms with Crippen LogP contribution in [0.1, 0.15) is 25.1 Å². The minimum atomic E-state index is 0.561. The molecular formula is C13H19N5. The SMILES string of the molecule is CN1CCCCC1Cc1nnc2cccc(N)n12. The smallest absolute Gasteiger partial charge is 0.162 e. The third kappa shape index (κ3) is 1.95. The van der Waals surface area contributed by atoms with Gasteiger partial charge in [0.2, 0.25) is 0 Å². The molecule has 1 fully saturated rings. The summed E-state index contributed by atoms with van der Waals surface area (Å²) in [6, 6.07) is 6.31. The lowest BCUT2D eigenvalue weighted by atomic mass is 10.00. The minimum absolute atomic E-state index is 0.561. The van der Waals surface area contributed by atoms with E-state index in [4.69, 9.17) is 5.73 Å². The first-order valence-corrected chi connectivity index (χ1v) is 6.54. The summed E-state index contributed by atoms with van der Waals surface area (Å²) < 4.78 is 1.96. The van der Waals surface area contributed by atoms with Crippen molar-refractivity contribution >= 4 is 11.5 Å². The molecule has 5 heteroatoms. The maximum atomic E-state index is 6.01. The lowest BCUT2D eigenvalue weighted by Crippen LogP contribution is -2.38. The highest BCUT2D eigenvalue weighted by Gasteiger charge is 2.21. The summed E-state index contributed by atoms with van der Waals surface area (Å²) in [5.41, 5.74) is 6.85. The molecule has 3 heterocycles. The molecule has 0 saturated carbocycles. The van der Waals surface area contributed by atoms with E-state index >= 15 is 0 Å². The molecule has 3 rings (SSSR count). The highest BCUT2D eigenvalue weighted by Crippen LogP contribution is 2.19. The summed E-state index contributed by atoms with van der Waals surface area (Å²) in [4.78, 5) is 2.42. The summed E-state index contributed by atoms with van der Waals surface area (Å²) in [5, 5.41) is 8.48. The van der Waals surface area contributed by atoms with Gasteiger partial charge in [0.05, 0.1) is 0 Å². The van der Waals surface area contributed by atoms with E-state index in [-0.39, 0.29) is 0 Å². The number of pyridine rings is 1. The van der Waals surface area contributed by atoms with Gasteiger partial charge in [-0.25, -0.2) is 0 Å². The number of nitrogen functional groups attached to an aromatic ring is 1. The van der Waals surface area contributed by atoms with E-state index < -0.39 is 0 Å². The molecule has 0 aliphatic carbocycles. The van der Waals surface area contributed by atoms with Crippen molar-refractivity contribution in [1.82, 2.24) is 19.5 Å². The van der Waals surface area contributed by atoms with Crippen LogP contribution in [0, 0.1) is 0 Å². The van der Waals surface area contributed by atoms with Gasteiger partial charge in [-0.15, -0.1) is 10.2 Å². The normalized spacial score (nSPS) is 21.5. The van der Waals surface area contributed by atoms with E-state index in [9.17, 15) is 0 Å². The van der Waals surface area contributed by atoms with Gasteiger partial charge >= 0.3 is 0 Å². The molecule has 1 aliphatic rings. The Morgan fingerprint density at radius 3 is 3.06 bits per heavy atom. The predicted octanol–water partition coefficient (Wildman–Crippen LogP) is 1.34. The standard InChI is InChI=1S/C13H19N5/c1-17-8-3-2-5-10(17)9-13-16-15-12-7-4-6-11(14)18(12)13/h4,6-7,10H,2-3,5,8-9,14H2,1H3. The monoisotopic (exact) mass is 245 g/mol. The topological polar surface area (TPSA) is 59.5 Å². The fraction of sp³-hybridized carbons (Fsp3) is 0.538. The number of nitrogens with zero attached hydrogens (tertiary/aromatic N) is 4. The van der Waals surface area contributed by atoms with Gasteiger partial charge in [-0.1, -0.05) is 12.5 Å². The van der Waals surface area contributed by atoms with Gasteiger partial charge < -0.3 is 10.6 Å². The summed E-state index contributed by atoms with van der Waals surface area (Å²) in [6.07, 6.45) is 4.76. The van der Waals surface area contributed by atoms with E-state index in [1.54, 1.807) is 0 Å². The molecule has 0 aromatic carbocycles. The van der Waals surface area contributed by atoms with Gasteiger partial charge in [0.25, 0.3) is 0 Å². The Kier molecular flexibility index (Phi) is 2.91. The summed E-state index contributed by atoms with van der Waals surface area (Å²) in [5.74, 6) is 1.69. The van der Waals surface area contributed by atoms with E-state index in [0.717, 1.165) is 17.9 Å². The number of aromatic nitrogens is 3. The molecule has 18 heavy (non-hydrogen) atoms. The summed E-state index contributed by atoms with van der Waals surface area (Å²) in [6.45, 7) is 1.18. The number of rotatable bonds is 2. The van der Waals surface area contributed by atoms with Crippen molar-refractivity contribution in [2.75, 3.05) is 19.3 Å². The lowest BCUT2D eigenvalue weighted by molar-refractivity contribution is 0.182. The molecular weight excluding hydrogens is 226 g/mol. The van der Waals surface area contributed by atoms with Crippen molar-refractivity contribution in [3.8, 4) is 0 Å². The average Bonchev–Trinajstić information content (AvgIpc) is 2.77. The molecule has 0 bridgehead atoms. The quantitative estimate of drug-likeness (QED) is 0.867. The second kappa shape index (κ2) is 4.57. The number of likely N-dealkylation sites (tertiary alicyclic amines) is 1. The van der Waals surface area contributed by atoms with Crippen molar-refractivity contribution in [1.29, 1.82) is 0 Å². The lowest BCUT2D eigenvalue weighted by Gasteiger charge is -2.31. The number of likely N-dealkylation sites (N-methyl/N-ethyl adjacent to an activating group) is 1. The summed E-state index contributed by atoms with van der Waals surface area (Å²) >= 11 is 0. The molecule has 2 N–H and O–H groups in total. The molecule has 1 aliphatic heterocycles. The van der Waals surface area contributed by atoms with E-state index in [1.165, 1.54) is 25.8 Å². The fourth-order valence-electron chi connectivity index (χ4n) is 2.77. The van der Waals surface area contributed by atoms with Crippen molar-refractivity contribution in [2.24, 2.45) is 0 Å². The zero-order chi connectivity index (χ0) is 12.5. The van der Waals surface area contributed by atoms with Crippen LogP contribution < -0.4 is 5.73 Å². The van der Waals surface area contributed by atoms with Crippen LogP contribution in [0.5, 0.6) is 0 Å². The third-order valence-electron chi connectivity index (χ3n) is 3.87. The molecule has 96 valence electrons. The molecule has 2 aromatic heterocycles. The van der Waals surface area contributed by atoms with Crippen LogP contribution in [-0.4, -0.2) is 39.1 Å². The van der Waals surface area contributed by atoms with E-state index in [0.29, 0.717) is 11.9 Å². The van der Waals surface area contributed by atoms with Crippen LogP contribution in [-0.2, 0) is 6.42 Å². The Hall–Kier alpha value is -1.62. The third-order valence-corrected chi connectivity index (χ3v) is 3.87. The molecule has 0 amide bonds. The van der Waals surface area contributed by atoms with Gasteiger partial charge in [-0.2, -0.15) is 0 Å². The second-order valence-corrected chi connectivity index (χ2v) is 5.09. The maximum Gasteiger partial charge on any atom is 0.162 e. The van der Waals surface area contributed by atoms with Gasteiger partial charge in [0.1, 0.15) is 11.6 Å². The van der Waals surface area contributed by atoms with Crippen molar-refractivity contribution in [3.05, 3.63) is 24.0 Å². The van der Waals surface area contributed by atoms with Crippen LogP contribution in [0.4, 0.5) is 5.82 Å². The molecule has 2 aromatic rings. The molecule has 1 atom stereocenters. The highest BCUT2D eigenvalue weighted by molar-refractivity contribution is 5.47. The number of fused-ring (bicyclic) bond motifs is 1. The zero-order valence-corrected chi connectivity index (χ0v) is 10.7. The van der Waals surface area contributed by atoms with Crippen LogP contribution in [0.25, 0.3) is 5.65 Å². The number of hydrogen-bond acceptors (Lipinski definition) is 4. The first-order valence-electron chi connectivity index (χ1n) is 6.54. The molecule has 0 spiro atoms. The Bertz CT molecular complexity index is 547. The first-order chi connectivity index (χ1) is 8.75. The average molecular weight is 245 g/mol. The van der Waals surface area contributed by atoms with Gasteiger partial charge in [0.15, 0.2) is 5.65 Å². The van der Waals surface area contributed by atoms with Crippen molar-refractivity contribution in [2.45, 2.75) is 31.7 Å². The second-order valence-electron chi connectivity index (χ2n) is 5.09. The summed E-state index contributed by atoms with van der Waals surface area (Å²) in [7, 11) is 2.19. The highest BCUT2D eigenvalue weighted by atomic mass is 15.3. The van der Waals surface area contributed by atoms with E-state index in [1.807, 2.05) is 22.6 Å². The minimum Gasteiger partial charge on any atom is -0.385 e. The molecule has 5 nitrogen and oxygen atoms in total. The Morgan fingerprint density at radius 2 is 2.22 bits per heavy atom. The van der Waals surface area contributed by atoms with Gasteiger partial charge in [0, 0.05) is 12.5 Å². The van der Waals surface area contributed by atoms with Gasteiger partial charge in [-0.3, -0.25) is 4.40 Å². The Labute approximate surface area is 107 Å². The van der Waals surface area contributed by atoms with Crippen molar-refractivity contribution < 1.29 is 0 Å². The van der Waals surface area contributed by atoms with Crippen LogP contribution >= 0.6 is 0 Å². The first kappa shape index (κ1) is 11.5. The molecule has 0 radical (unpaired) electrons. The maximum absolute atomic E-state index is 6.01. The zero-order valence-electron chi connectivity index (χ0n) is 10.7. The molecule has 1 unspecified atom stereocenters. The fourth-order valence-corrected chi connectivity index (χ4v) is 2.77. The van der Waals surface area contributed by atoms with Crippen LogP contribution in [0.2, 0.25) is 0 Å². The predicted molar refractivity (Wildman–Crippen MR) is 71.4 cm³/mol. The Morgan fingerprint density at radius 1 is 1.33 bits per heavy atom. The number of piperidine rings is 1. The Balaban J connectivity index is 1.90. The molecule has 1 saturated heterocycles. The van der Waals surface area contributed by atoms with Crippen molar-refractivity contribution in [3.63, 3.8) is 0 Å².